The van der Waals surface area contributed by atoms with Crippen molar-refractivity contribution < 1.29 is 32.6 Å². The van der Waals surface area contributed by atoms with E-state index in [-0.39, 0.29) is 17.3 Å². The minimum absolute atomic E-state index is 0.00130. The van der Waals surface area contributed by atoms with Crippen LogP contribution in [0.3, 0.4) is 0 Å². The Bertz CT molecular complexity index is 1130. The lowest BCUT2D eigenvalue weighted by molar-refractivity contribution is -0.130. The van der Waals surface area contributed by atoms with E-state index < -0.39 is 42.2 Å². The minimum atomic E-state index is -3.26. The Morgan fingerprint density at radius 3 is 2.44 bits per heavy atom. The van der Waals surface area contributed by atoms with Gasteiger partial charge in [-0.15, -0.1) is 0 Å². The van der Waals surface area contributed by atoms with Gasteiger partial charge in [0.1, 0.15) is 18.0 Å². The highest BCUT2D eigenvalue weighted by Crippen LogP contribution is 2.26. The van der Waals surface area contributed by atoms with Crippen molar-refractivity contribution in [1.82, 2.24) is 15.3 Å². The summed E-state index contributed by atoms with van der Waals surface area (Å²) in [4.78, 5) is 33.1. The molecular formula is C25H31F3N4O4. The van der Waals surface area contributed by atoms with E-state index in [9.17, 15) is 27.9 Å². The first-order valence-corrected chi connectivity index (χ1v) is 11.2. The topological polar surface area (TPSA) is 113 Å². The fourth-order valence-corrected chi connectivity index (χ4v) is 3.11. The molecule has 2 aromatic rings. The van der Waals surface area contributed by atoms with Crippen LogP contribution in [0.5, 0.6) is 5.88 Å². The van der Waals surface area contributed by atoms with Crippen molar-refractivity contribution in [2.24, 2.45) is 0 Å². The number of aromatic nitrogens is 2. The molecule has 2 aromatic heterocycles. The number of nitrogens with one attached hydrogen (secondary N) is 2. The summed E-state index contributed by atoms with van der Waals surface area (Å²) in [7, 11) is 0. The molecule has 11 heteroatoms. The van der Waals surface area contributed by atoms with Gasteiger partial charge >= 0.3 is 0 Å². The SMILES string of the molecule is C/C=C/C(F)(COc1ncc(C(C)NC(=O)c2cc(C)nc(NC(=O)C(C)(C)O)c2)cc1C)C(F)F. The van der Waals surface area contributed by atoms with Crippen LogP contribution in [0.25, 0.3) is 0 Å². The molecule has 3 N–H and O–H groups in total. The second-order valence-electron chi connectivity index (χ2n) is 9.00. The Morgan fingerprint density at radius 2 is 1.89 bits per heavy atom. The monoisotopic (exact) mass is 508 g/mol. The van der Waals surface area contributed by atoms with Crippen molar-refractivity contribution in [1.29, 1.82) is 0 Å². The van der Waals surface area contributed by atoms with E-state index in [0.717, 1.165) is 6.08 Å². The standard InChI is InChI=1S/C25H31F3N4O4/c1-7-8-25(28,22(26)27)13-36-21-14(2)9-18(12-29-21)16(4)31-20(33)17-10-15(3)30-19(11-17)32-23(34)24(5,6)35/h7-12,16,22,35H,13H2,1-6H3,(H,31,33)(H,30,32,34)/b8-7+. The van der Waals surface area contributed by atoms with Crippen molar-refractivity contribution in [2.45, 2.75) is 65.3 Å². The number of ether oxygens (including phenoxy) is 1. The normalized spacial score (nSPS) is 14.4. The number of aliphatic hydroxyl groups is 1. The Balaban J connectivity index is 2.12. The van der Waals surface area contributed by atoms with E-state index in [1.807, 2.05) is 0 Å². The number of pyridine rings is 2. The molecule has 0 aliphatic carbocycles. The Morgan fingerprint density at radius 1 is 1.22 bits per heavy atom. The van der Waals surface area contributed by atoms with E-state index >= 15 is 0 Å². The molecule has 0 aliphatic heterocycles. The number of rotatable bonds is 10. The van der Waals surface area contributed by atoms with Crippen LogP contribution >= 0.6 is 0 Å². The summed E-state index contributed by atoms with van der Waals surface area (Å²) in [6.45, 7) is 8.19. The first-order valence-electron chi connectivity index (χ1n) is 11.2. The summed E-state index contributed by atoms with van der Waals surface area (Å²) in [5, 5.41) is 15.1. The third-order valence-corrected chi connectivity index (χ3v) is 5.15. The maximum Gasteiger partial charge on any atom is 0.279 e. The van der Waals surface area contributed by atoms with Gasteiger partial charge in [-0.1, -0.05) is 6.08 Å². The number of aryl methyl sites for hydroxylation is 2. The van der Waals surface area contributed by atoms with Gasteiger partial charge in [0, 0.05) is 23.0 Å². The molecular weight excluding hydrogens is 477 g/mol. The van der Waals surface area contributed by atoms with Crippen molar-refractivity contribution in [3.8, 4) is 5.88 Å². The molecule has 0 saturated heterocycles. The first kappa shape index (κ1) is 28.8. The summed E-state index contributed by atoms with van der Waals surface area (Å²) >= 11 is 0. The van der Waals surface area contributed by atoms with E-state index in [1.54, 1.807) is 32.9 Å². The number of nitrogens with zero attached hydrogens (tertiary/aromatic N) is 2. The van der Waals surface area contributed by atoms with Crippen LogP contribution in [0.1, 0.15) is 60.9 Å². The van der Waals surface area contributed by atoms with Crippen LogP contribution in [0, 0.1) is 13.8 Å². The number of hydrogen-bond acceptors (Lipinski definition) is 6. The average molecular weight is 509 g/mol. The molecule has 2 heterocycles. The predicted octanol–water partition coefficient (Wildman–Crippen LogP) is 4.22. The molecule has 0 fully saturated rings. The van der Waals surface area contributed by atoms with Crippen LogP contribution in [0.2, 0.25) is 0 Å². The number of carbonyl (C=O) groups excluding carboxylic acids is 2. The molecule has 2 amide bonds. The highest BCUT2D eigenvalue weighted by atomic mass is 19.3. The van der Waals surface area contributed by atoms with Gasteiger partial charge in [-0.2, -0.15) is 0 Å². The van der Waals surface area contributed by atoms with Crippen molar-refractivity contribution in [3.05, 3.63) is 58.9 Å². The highest BCUT2D eigenvalue weighted by Gasteiger charge is 2.39. The molecule has 0 radical (unpaired) electrons. The third-order valence-electron chi connectivity index (χ3n) is 5.15. The lowest BCUT2D eigenvalue weighted by Crippen LogP contribution is -2.37. The molecule has 2 rings (SSSR count). The molecule has 0 bridgehead atoms. The van der Waals surface area contributed by atoms with Crippen LogP contribution in [0.15, 0.2) is 36.5 Å². The van der Waals surface area contributed by atoms with Gasteiger partial charge in [-0.25, -0.2) is 23.1 Å². The second kappa shape index (κ2) is 11.5. The number of allylic oxidation sites excluding steroid dienone is 1. The van der Waals surface area contributed by atoms with E-state index in [1.165, 1.54) is 39.1 Å². The van der Waals surface area contributed by atoms with E-state index in [0.29, 0.717) is 16.8 Å². The second-order valence-corrected chi connectivity index (χ2v) is 9.00. The van der Waals surface area contributed by atoms with Crippen molar-refractivity contribution in [2.75, 3.05) is 11.9 Å². The summed E-state index contributed by atoms with van der Waals surface area (Å²) in [5.41, 5.74) is -2.77. The van der Waals surface area contributed by atoms with Crippen molar-refractivity contribution >= 4 is 17.6 Å². The van der Waals surface area contributed by atoms with Gasteiger partial charge in [-0.05, 0) is 71.4 Å². The molecule has 2 unspecified atom stereocenters. The van der Waals surface area contributed by atoms with Gasteiger partial charge in [0.2, 0.25) is 11.5 Å². The summed E-state index contributed by atoms with van der Waals surface area (Å²) in [5.74, 6) is -1.00. The first-order chi connectivity index (χ1) is 16.7. The molecule has 0 aromatic carbocycles. The quantitative estimate of drug-likeness (QED) is 0.414. The number of halogens is 3. The average Bonchev–Trinajstić information content (AvgIpc) is 2.77. The van der Waals surface area contributed by atoms with Gasteiger partial charge in [0.05, 0.1) is 6.04 Å². The molecule has 2 atom stereocenters. The lowest BCUT2D eigenvalue weighted by atomic mass is 10.1. The number of carbonyl (C=O) groups is 2. The fourth-order valence-electron chi connectivity index (χ4n) is 3.11. The number of alkyl halides is 3. The maximum absolute atomic E-state index is 14.4. The summed E-state index contributed by atoms with van der Waals surface area (Å²) in [6.07, 6.45) is 0.0845. The summed E-state index contributed by atoms with van der Waals surface area (Å²) < 4.78 is 45.7. The highest BCUT2D eigenvalue weighted by molar-refractivity contribution is 5.98. The molecule has 8 nitrogen and oxygen atoms in total. The van der Waals surface area contributed by atoms with E-state index in [4.69, 9.17) is 4.74 Å². The molecule has 0 saturated carbocycles. The Kier molecular flexibility index (Phi) is 9.20. The maximum atomic E-state index is 14.4. The number of anilines is 1. The number of amides is 2. The Hall–Kier alpha value is -3.47. The zero-order valence-electron chi connectivity index (χ0n) is 21.0. The van der Waals surface area contributed by atoms with Crippen LogP contribution < -0.4 is 15.4 Å². The lowest BCUT2D eigenvalue weighted by Gasteiger charge is -2.21. The summed E-state index contributed by atoms with van der Waals surface area (Å²) in [6, 6.07) is 4.07. The minimum Gasteiger partial charge on any atom is -0.473 e. The third kappa shape index (κ3) is 7.51. The van der Waals surface area contributed by atoms with Crippen molar-refractivity contribution in [3.63, 3.8) is 0 Å². The Labute approximate surface area is 208 Å². The van der Waals surface area contributed by atoms with Crippen LogP contribution in [-0.4, -0.2) is 51.2 Å². The van der Waals surface area contributed by atoms with Gasteiger partial charge in [0.25, 0.3) is 18.2 Å². The van der Waals surface area contributed by atoms with Gasteiger partial charge in [-0.3, -0.25) is 9.59 Å². The fraction of sp³-hybridized carbons (Fsp3) is 0.440. The van der Waals surface area contributed by atoms with E-state index in [2.05, 4.69) is 20.6 Å². The van der Waals surface area contributed by atoms with Gasteiger partial charge < -0.3 is 20.5 Å². The smallest absolute Gasteiger partial charge is 0.279 e. The largest absolute Gasteiger partial charge is 0.473 e. The van der Waals surface area contributed by atoms with Crippen LogP contribution in [-0.2, 0) is 4.79 Å². The molecule has 0 aliphatic rings. The molecule has 196 valence electrons. The predicted molar refractivity (Wildman–Crippen MR) is 129 cm³/mol. The number of hydrogen-bond donors (Lipinski definition) is 3. The van der Waals surface area contributed by atoms with Gasteiger partial charge in [0.15, 0.2) is 0 Å². The molecule has 36 heavy (non-hydrogen) atoms. The zero-order chi connectivity index (χ0) is 27.3. The zero-order valence-corrected chi connectivity index (χ0v) is 21.0. The van der Waals surface area contributed by atoms with Crippen LogP contribution in [0.4, 0.5) is 19.0 Å². The molecule has 0 spiro atoms.